The van der Waals surface area contributed by atoms with Crippen molar-refractivity contribution in [3.8, 4) is 0 Å². The molecule has 0 radical (unpaired) electrons. The van der Waals surface area contributed by atoms with Crippen LogP contribution in [-0.2, 0) is 4.79 Å². The monoisotopic (exact) mass is 248 g/mol. The maximum Gasteiger partial charge on any atom is 0.252 e. The molecule has 18 heavy (non-hydrogen) atoms. The molecular formula is C13H20N4O. The van der Waals surface area contributed by atoms with Gasteiger partial charge in [-0.3, -0.25) is 10.1 Å². The van der Waals surface area contributed by atoms with E-state index in [1.165, 1.54) is 32.2 Å². The average Bonchev–Trinajstić information content (AvgIpc) is 2.96. The molecular weight excluding hydrogens is 228 g/mol. The molecule has 4 fully saturated rings. The molecule has 1 amide bonds. The van der Waals surface area contributed by atoms with E-state index in [2.05, 4.69) is 20.5 Å². The van der Waals surface area contributed by atoms with E-state index < -0.39 is 0 Å². The van der Waals surface area contributed by atoms with Gasteiger partial charge >= 0.3 is 0 Å². The second kappa shape index (κ2) is 3.70. The molecule has 5 heteroatoms. The summed E-state index contributed by atoms with van der Waals surface area (Å²) < 4.78 is 0. The number of rotatable bonds is 1. The number of amides is 1. The summed E-state index contributed by atoms with van der Waals surface area (Å²) in [6.45, 7) is 2.26. The van der Waals surface area contributed by atoms with E-state index in [0.29, 0.717) is 12.1 Å². The molecule has 1 aliphatic carbocycles. The van der Waals surface area contributed by atoms with Gasteiger partial charge < -0.3 is 10.2 Å². The average molecular weight is 248 g/mol. The summed E-state index contributed by atoms with van der Waals surface area (Å²) in [5.74, 6) is 0.877. The first kappa shape index (κ1) is 10.8. The molecule has 0 aromatic carbocycles. The van der Waals surface area contributed by atoms with E-state index in [0.717, 1.165) is 25.3 Å². The van der Waals surface area contributed by atoms with Gasteiger partial charge in [0.15, 0.2) is 5.96 Å². The van der Waals surface area contributed by atoms with Gasteiger partial charge in [0.1, 0.15) is 5.54 Å². The number of hydrogen-bond donors (Lipinski definition) is 2. The standard InChI is InChI=1S/C13H20N4O/c18-11-13(16-12(15-11)14-9-3-4-9)5-7-17-6-1-2-10(17)8-13/h9-10H,1-8H2,(H2,14,15,16,18). The molecule has 3 saturated heterocycles. The first-order chi connectivity index (χ1) is 8.75. The first-order valence-corrected chi connectivity index (χ1v) is 7.17. The Balaban J connectivity index is 1.54. The molecule has 2 atom stereocenters. The highest BCUT2D eigenvalue weighted by Gasteiger charge is 2.50. The summed E-state index contributed by atoms with van der Waals surface area (Å²) in [4.78, 5) is 19.3. The molecule has 0 aromatic heterocycles. The largest absolute Gasteiger partial charge is 0.341 e. The zero-order chi connectivity index (χ0) is 12.2. The fourth-order valence-corrected chi connectivity index (χ4v) is 3.57. The van der Waals surface area contributed by atoms with Crippen molar-refractivity contribution in [2.45, 2.75) is 56.1 Å². The van der Waals surface area contributed by atoms with Crippen LogP contribution in [0.1, 0.15) is 38.5 Å². The van der Waals surface area contributed by atoms with Gasteiger partial charge in [-0.25, -0.2) is 4.99 Å². The Morgan fingerprint density at radius 1 is 1.28 bits per heavy atom. The smallest absolute Gasteiger partial charge is 0.252 e. The summed E-state index contributed by atoms with van der Waals surface area (Å²) in [7, 11) is 0. The number of piperidine rings is 1. The van der Waals surface area contributed by atoms with Crippen molar-refractivity contribution in [3.05, 3.63) is 0 Å². The third-order valence-electron chi connectivity index (χ3n) is 4.79. The second-order valence-corrected chi connectivity index (χ2v) is 6.16. The van der Waals surface area contributed by atoms with Crippen LogP contribution in [0.4, 0.5) is 0 Å². The van der Waals surface area contributed by atoms with Crippen LogP contribution < -0.4 is 10.6 Å². The number of nitrogens with one attached hydrogen (secondary N) is 2. The van der Waals surface area contributed by atoms with Crippen LogP contribution in [0.3, 0.4) is 0 Å². The number of fused-ring (bicyclic) bond motifs is 1. The number of hydrogen-bond acceptors (Lipinski definition) is 3. The summed E-state index contributed by atoms with van der Waals surface area (Å²) in [5, 5.41) is 6.35. The van der Waals surface area contributed by atoms with Gasteiger partial charge in [-0.1, -0.05) is 0 Å². The Kier molecular flexibility index (Phi) is 2.22. The van der Waals surface area contributed by atoms with Crippen molar-refractivity contribution >= 4 is 11.9 Å². The minimum absolute atomic E-state index is 0.147. The number of nitrogens with zero attached hydrogens (tertiary/aromatic N) is 2. The molecule has 98 valence electrons. The number of carbonyl (C=O) groups is 1. The molecule has 2 N–H and O–H groups in total. The van der Waals surface area contributed by atoms with E-state index in [1.54, 1.807) is 0 Å². The zero-order valence-electron chi connectivity index (χ0n) is 10.6. The second-order valence-electron chi connectivity index (χ2n) is 6.16. The van der Waals surface area contributed by atoms with Gasteiger partial charge in [-0.2, -0.15) is 0 Å². The van der Waals surface area contributed by atoms with E-state index in [9.17, 15) is 4.79 Å². The van der Waals surface area contributed by atoms with Gasteiger partial charge in [0.2, 0.25) is 0 Å². The van der Waals surface area contributed by atoms with Crippen molar-refractivity contribution < 1.29 is 4.79 Å². The lowest BCUT2D eigenvalue weighted by atomic mass is 9.83. The molecule has 1 spiro atoms. The van der Waals surface area contributed by atoms with Crippen LogP contribution in [0.5, 0.6) is 0 Å². The lowest BCUT2D eigenvalue weighted by molar-refractivity contribution is -0.126. The Labute approximate surface area is 107 Å². The predicted molar refractivity (Wildman–Crippen MR) is 68.3 cm³/mol. The van der Waals surface area contributed by atoms with Gasteiger partial charge in [0.05, 0.1) is 6.04 Å². The number of aliphatic imine (C=N–C) groups is 1. The van der Waals surface area contributed by atoms with E-state index in [1.807, 2.05) is 0 Å². The fourth-order valence-electron chi connectivity index (χ4n) is 3.57. The van der Waals surface area contributed by atoms with E-state index >= 15 is 0 Å². The molecule has 4 aliphatic rings. The predicted octanol–water partition coefficient (Wildman–Crippen LogP) is 0.221. The van der Waals surface area contributed by atoms with Gasteiger partial charge in [0.25, 0.3) is 5.91 Å². The minimum Gasteiger partial charge on any atom is -0.341 e. The lowest BCUT2D eigenvalue weighted by Crippen LogP contribution is -2.57. The van der Waals surface area contributed by atoms with Crippen molar-refractivity contribution in [1.29, 1.82) is 0 Å². The fraction of sp³-hybridized carbons (Fsp3) is 0.846. The summed E-state index contributed by atoms with van der Waals surface area (Å²) >= 11 is 0. The SMILES string of the molecule is O=C1NC(=NC2CC2)NC12CCN1CCCC1C2. The molecule has 1 saturated carbocycles. The highest BCUT2D eigenvalue weighted by Crippen LogP contribution is 2.35. The maximum absolute atomic E-state index is 12.3. The van der Waals surface area contributed by atoms with Crippen LogP contribution >= 0.6 is 0 Å². The summed E-state index contributed by atoms with van der Waals surface area (Å²) in [6, 6.07) is 1.05. The molecule has 4 rings (SSSR count). The third-order valence-corrected chi connectivity index (χ3v) is 4.79. The summed E-state index contributed by atoms with van der Waals surface area (Å²) in [6.07, 6.45) is 6.73. The molecule has 3 heterocycles. The Hall–Kier alpha value is -1.10. The van der Waals surface area contributed by atoms with Gasteiger partial charge in [-0.15, -0.1) is 0 Å². The number of guanidine groups is 1. The first-order valence-electron chi connectivity index (χ1n) is 7.17. The van der Waals surface area contributed by atoms with E-state index in [-0.39, 0.29) is 11.4 Å². The highest BCUT2D eigenvalue weighted by molar-refractivity contribution is 6.09. The summed E-state index contributed by atoms with van der Waals surface area (Å²) in [5.41, 5.74) is -0.362. The minimum atomic E-state index is -0.362. The van der Waals surface area contributed by atoms with Crippen LogP contribution in [0.15, 0.2) is 4.99 Å². The lowest BCUT2D eigenvalue weighted by Gasteiger charge is -2.39. The molecule has 2 unspecified atom stereocenters. The Bertz CT molecular complexity index is 417. The van der Waals surface area contributed by atoms with Crippen LogP contribution in [-0.4, -0.2) is 47.5 Å². The van der Waals surface area contributed by atoms with Gasteiger partial charge in [-0.05, 0) is 45.1 Å². The van der Waals surface area contributed by atoms with Crippen LogP contribution in [0, 0.1) is 0 Å². The normalized spacial score (nSPS) is 42.1. The van der Waals surface area contributed by atoms with Crippen molar-refractivity contribution in [1.82, 2.24) is 15.5 Å². The topological polar surface area (TPSA) is 56.7 Å². The quantitative estimate of drug-likeness (QED) is 0.698. The van der Waals surface area contributed by atoms with E-state index in [4.69, 9.17) is 0 Å². The third kappa shape index (κ3) is 1.64. The Morgan fingerprint density at radius 2 is 2.17 bits per heavy atom. The van der Waals surface area contributed by atoms with Gasteiger partial charge in [0, 0.05) is 12.6 Å². The van der Waals surface area contributed by atoms with Crippen LogP contribution in [0.25, 0.3) is 0 Å². The van der Waals surface area contributed by atoms with Crippen molar-refractivity contribution in [2.75, 3.05) is 13.1 Å². The molecule has 3 aliphatic heterocycles. The molecule has 0 aromatic rings. The number of carbonyl (C=O) groups excluding carboxylic acids is 1. The highest BCUT2D eigenvalue weighted by atomic mass is 16.2. The Morgan fingerprint density at radius 3 is 3.00 bits per heavy atom. The molecule has 5 nitrogen and oxygen atoms in total. The van der Waals surface area contributed by atoms with Crippen LogP contribution in [0.2, 0.25) is 0 Å². The molecule has 0 bridgehead atoms. The van der Waals surface area contributed by atoms with Crippen molar-refractivity contribution in [3.63, 3.8) is 0 Å². The van der Waals surface area contributed by atoms with Crippen molar-refractivity contribution in [2.24, 2.45) is 4.99 Å². The maximum atomic E-state index is 12.3. The zero-order valence-corrected chi connectivity index (χ0v) is 10.6.